The number of halogens is 4. The lowest BCUT2D eigenvalue weighted by atomic mass is 10.3. The second kappa shape index (κ2) is 5.79. The van der Waals surface area contributed by atoms with Crippen LogP contribution in [0.4, 0.5) is 30.6 Å². The molecule has 1 aromatic heterocycles. The van der Waals surface area contributed by atoms with Crippen LogP contribution in [0, 0.1) is 3.57 Å². The van der Waals surface area contributed by atoms with Crippen LogP contribution in [0.2, 0.25) is 0 Å². The van der Waals surface area contributed by atoms with Crippen LogP contribution >= 0.6 is 22.6 Å². The van der Waals surface area contributed by atoms with Crippen molar-refractivity contribution < 1.29 is 13.2 Å². The predicted octanol–water partition coefficient (Wildman–Crippen LogP) is 3.13. The number of aromatic nitrogens is 2. The molecule has 0 aliphatic heterocycles. The molecule has 0 bridgehead atoms. The average Bonchev–Trinajstić information content (AvgIpc) is 2.40. The number of anilines is 3. The Balaban J connectivity index is 2.39. The van der Waals surface area contributed by atoms with Gasteiger partial charge in [0.25, 0.3) is 0 Å². The molecule has 0 aliphatic carbocycles. The Morgan fingerprint density at radius 1 is 1.15 bits per heavy atom. The van der Waals surface area contributed by atoms with Crippen LogP contribution in [0.25, 0.3) is 0 Å². The van der Waals surface area contributed by atoms with Crippen molar-refractivity contribution in [1.82, 2.24) is 9.97 Å². The number of nitrogen functional groups attached to an aromatic ring is 1. The smallest absolute Gasteiger partial charge is 0.339 e. The van der Waals surface area contributed by atoms with E-state index in [2.05, 4.69) is 37.9 Å². The summed E-state index contributed by atoms with van der Waals surface area (Å²) >= 11 is 2.06. The van der Waals surface area contributed by atoms with Gasteiger partial charge >= 0.3 is 6.18 Å². The Labute approximate surface area is 125 Å². The molecule has 2 aromatic rings. The molecule has 20 heavy (non-hydrogen) atoms. The molecule has 106 valence electrons. The van der Waals surface area contributed by atoms with Gasteiger partial charge in [-0.3, -0.25) is 5.43 Å². The topological polar surface area (TPSA) is 75.9 Å². The standard InChI is InChI=1S/C11H9F3IN5/c12-11(13,14)8-5-9(19-10(18-8)20-16)17-7-4-2-1-3-6(7)15/h1-5H,16H2,(H2,17,18,19,20). The van der Waals surface area contributed by atoms with Crippen molar-refractivity contribution in [3.05, 3.63) is 39.6 Å². The monoisotopic (exact) mass is 395 g/mol. The maximum Gasteiger partial charge on any atom is 0.433 e. The quantitative estimate of drug-likeness (QED) is 0.423. The Hall–Kier alpha value is -1.62. The Morgan fingerprint density at radius 2 is 1.85 bits per heavy atom. The van der Waals surface area contributed by atoms with Gasteiger partial charge in [-0.1, -0.05) is 12.1 Å². The van der Waals surface area contributed by atoms with Crippen LogP contribution in [0.5, 0.6) is 0 Å². The van der Waals surface area contributed by atoms with Crippen molar-refractivity contribution in [2.75, 3.05) is 10.7 Å². The van der Waals surface area contributed by atoms with Crippen LogP contribution in [0.1, 0.15) is 5.69 Å². The number of hydrogen-bond acceptors (Lipinski definition) is 5. The lowest BCUT2D eigenvalue weighted by Gasteiger charge is -2.12. The molecule has 2 rings (SSSR count). The highest BCUT2D eigenvalue weighted by molar-refractivity contribution is 14.1. The Bertz CT molecular complexity index is 617. The third kappa shape index (κ3) is 3.48. The first-order chi connectivity index (χ1) is 9.40. The number of alkyl halides is 3. The van der Waals surface area contributed by atoms with Gasteiger partial charge in [-0.15, -0.1) is 0 Å². The van der Waals surface area contributed by atoms with Crippen molar-refractivity contribution in [2.24, 2.45) is 5.84 Å². The molecule has 5 nitrogen and oxygen atoms in total. The average molecular weight is 395 g/mol. The molecule has 0 radical (unpaired) electrons. The van der Waals surface area contributed by atoms with E-state index < -0.39 is 11.9 Å². The third-order valence-corrected chi connectivity index (χ3v) is 3.22. The normalized spacial score (nSPS) is 11.2. The fourth-order valence-electron chi connectivity index (χ4n) is 1.42. The van der Waals surface area contributed by atoms with Crippen molar-refractivity contribution in [3.8, 4) is 0 Å². The first kappa shape index (κ1) is 14.8. The van der Waals surface area contributed by atoms with Crippen molar-refractivity contribution >= 4 is 40.0 Å². The number of hydrazine groups is 1. The van der Waals surface area contributed by atoms with Gasteiger partial charge in [0.2, 0.25) is 5.95 Å². The Morgan fingerprint density at radius 3 is 2.45 bits per heavy atom. The first-order valence-corrected chi connectivity index (χ1v) is 6.42. The van der Waals surface area contributed by atoms with E-state index in [-0.39, 0.29) is 11.8 Å². The molecule has 0 saturated carbocycles. The lowest BCUT2D eigenvalue weighted by molar-refractivity contribution is -0.141. The SMILES string of the molecule is NNc1nc(Nc2ccccc2I)cc(C(F)(F)F)n1. The number of benzene rings is 1. The Kier molecular flexibility index (Phi) is 4.28. The summed E-state index contributed by atoms with van der Waals surface area (Å²) in [5.74, 6) is 4.77. The zero-order chi connectivity index (χ0) is 14.8. The molecular formula is C11H9F3IN5. The molecule has 0 atom stereocenters. The second-order valence-corrected chi connectivity index (χ2v) is 4.87. The largest absolute Gasteiger partial charge is 0.433 e. The summed E-state index contributed by atoms with van der Waals surface area (Å²) in [6.45, 7) is 0. The zero-order valence-corrected chi connectivity index (χ0v) is 12.0. The summed E-state index contributed by atoms with van der Waals surface area (Å²) in [6, 6.07) is 7.95. The minimum absolute atomic E-state index is 0.00407. The zero-order valence-electron chi connectivity index (χ0n) is 9.87. The first-order valence-electron chi connectivity index (χ1n) is 5.34. The van der Waals surface area contributed by atoms with Crippen LogP contribution in [0.3, 0.4) is 0 Å². The highest BCUT2D eigenvalue weighted by Crippen LogP contribution is 2.30. The summed E-state index contributed by atoms with van der Waals surface area (Å²) in [5, 5.41) is 2.81. The molecule has 4 N–H and O–H groups in total. The number of hydrogen-bond donors (Lipinski definition) is 3. The molecule has 0 amide bonds. The molecule has 0 aliphatic rings. The number of nitrogens with two attached hydrogens (primary N) is 1. The lowest BCUT2D eigenvalue weighted by Crippen LogP contribution is -2.16. The van der Waals surface area contributed by atoms with E-state index in [1.54, 1.807) is 12.1 Å². The number of rotatable bonds is 3. The third-order valence-electron chi connectivity index (χ3n) is 2.28. The molecule has 0 unspecified atom stereocenters. The van der Waals surface area contributed by atoms with Crippen molar-refractivity contribution in [1.29, 1.82) is 0 Å². The molecule has 9 heteroatoms. The van der Waals surface area contributed by atoms with E-state index in [1.165, 1.54) is 0 Å². The van der Waals surface area contributed by atoms with E-state index in [1.807, 2.05) is 17.6 Å². The van der Waals surface area contributed by atoms with E-state index >= 15 is 0 Å². The van der Waals surface area contributed by atoms with Crippen LogP contribution in [-0.2, 0) is 6.18 Å². The van der Waals surface area contributed by atoms with Gasteiger partial charge in [0.15, 0.2) is 5.69 Å². The maximum absolute atomic E-state index is 12.7. The molecule has 0 fully saturated rings. The predicted molar refractivity (Wildman–Crippen MR) is 77.3 cm³/mol. The van der Waals surface area contributed by atoms with Gasteiger partial charge in [-0.2, -0.15) is 18.2 Å². The summed E-state index contributed by atoms with van der Waals surface area (Å²) < 4.78 is 39.0. The van der Waals surface area contributed by atoms with Gasteiger partial charge in [0, 0.05) is 9.64 Å². The maximum atomic E-state index is 12.7. The summed E-state index contributed by atoms with van der Waals surface area (Å²) in [6.07, 6.45) is -4.57. The fourth-order valence-corrected chi connectivity index (χ4v) is 1.94. The molecule has 1 aromatic carbocycles. The number of nitrogens with one attached hydrogen (secondary N) is 2. The summed E-state index contributed by atoms with van der Waals surface area (Å²) in [4.78, 5) is 7.11. The minimum atomic E-state index is -4.57. The minimum Gasteiger partial charge on any atom is -0.339 e. The molecular weight excluding hydrogens is 386 g/mol. The molecule has 0 spiro atoms. The van der Waals surface area contributed by atoms with Gasteiger partial charge in [-0.25, -0.2) is 10.8 Å². The van der Waals surface area contributed by atoms with Crippen LogP contribution in [-0.4, -0.2) is 9.97 Å². The molecule has 0 saturated heterocycles. The number of nitrogens with zero attached hydrogens (tertiary/aromatic N) is 2. The van der Waals surface area contributed by atoms with Gasteiger partial charge < -0.3 is 5.32 Å². The summed E-state index contributed by atoms with van der Waals surface area (Å²) in [5.41, 5.74) is 1.58. The van der Waals surface area contributed by atoms with Crippen molar-refractivity contribution in [3.63, 3.8) is 0 Å². The van der Waals surface area contributed by atoms with E-state index in [0.29, 0.717) is 5.69 Å². The van der Waals surface area contributed by atoms with Crippen LogP contribution < -0.4 is 16.6 Å². The highest BCUT2D eigenvalue weighted by atomic mass is 127. The van der Waals surface area contributed by atoms with E-state index in [4.69, 9.17) is 5.84 Å². The fraction of sp³-hybridized carbons (Fsp3) is 0.0909. The molecule has 1 heterocycles. The highest BCUT2D eigenvalue weighted by Gasteiger charge is 2.33. The number of para-hydroxylation sites is 1. The van der Waals surface area contributed by atoms with Gasteiger partial charge in [0.1, 0.15) is 5.82 Å². The van der Waals surface area contributed by atoms with E-state index in [0.717, 1.165) is 9.64 Å². The van der Waals surface area contributed by atoms with E-state index in [9.17, 15) is 13.2 Å². The van der Waals surface area contributed by atoms with Crippen LogP contribution in [0.15, 0.2) is 30.3 Å². The van der Waals surface area contributed by atoms with Gasteiger partial charge in [0.05, 0.1) is 5.69 Å². The van der Waals surface area contributed by atoms with Crippen molar-refractivity contribution in [2.45, 2.75) is 6.18 Å². The second-order valence-electron chi connectivity index (χ2n) is 3.71. The summed E-state index contributed by atoms with van der Waals surface area (Å²) in [7, 11) is 0. The van der Waals surface area contributed by atoms with Gasteiger partial charge in [-0.05, 0) is 34.7 Å².